The maximum atomic E-state index is 5.56. The summed E-state index contributed by atoms with van der Waals surface area (Å²) < 4.78 is 12.8. The summed E-state index contributed by atoms with van der Waals surface area (Å²) in [5.74, 6) is 1.68. The zero-order chi connectivity index (χ0) is 22.2. The second-order valence-corrected chi connectivity index (χ2v) is 7.84. The molecular formula is C23H36N6O2. The Kier molecular flexibility index (Phi) is 8.31. The molecular weight excluding hydrogens is 392 g/mol. The van der Waals surface area contributed by atoms with Gasteiger partial charge in [-0.2, -0.15) is 5.10 Å². The summed E-state index contributed by atoms with van der Waals surface area (Å²) in [7, 11) is 5.50. The molecule has 0 radical (unpaired) electrons. The first-order valence-corrected chi connectivity index (χ1v) is 10.9. The van der Waals surface area contributed by atoms with E-state index in [9.17, 15) is 0 Å². The predicted molar refractivity (Wildman–Crippen MR) is 124 cm³/mol. The molecule has 1 unspecified atom stereocenters. The zero-order valence-corrected chi connectivity index (χ0v) is 19.4. The molecule has 1 atom stereocenters. The number of rotatable bonds is 8. The number of aliphatic imine (C=N–C) groups is 1. The van der Waals surface area contributed by atoms with Gasteiger partial charge in [-0.05, 0) is 43.5 Å². The van der Waals surface area contributed by atoms with Crippen LogP contribution in [0.25, 0.3) is 0 Å². The van der Waals surface area contributed by atoms with Gasteiger partial charge in [-0.15, -0.1) is 0 Å². The lowest BCUT2D eigenvalue weighted by Crippen LogP contribution is -2.46. The number of ether oxygens (including phenoxy) is 2. The normalized spacial score (nSPS) is 16.2. The van der Waals surface area contributed by atoms with Gasteiger partial charge in [-0.1, -0.05) is 12.1 Å². The van der Waals surface area contributed by atoms with Crippen LogP contribution < -0.4 is 15.4 Å². The van der Waals surface area contributed by atoms with E-state index in [0.29, 0.717) is 0 Å². The number of nitrogens with zero attached hydrogens (tertiary/aromatic N) is 4. The number of morpholine rings is 1. The summed E-state index contributed by atoms with van der Waals surface area (Å²) in [6.45, 7) is 9.12. The molecule has 8 heteroatoms. The molecule has 0 amide bonds. The van der Waals surface area contributed by atoms with Gasteiger partial charge in [0.25, 0.3) is 0 Å². The fourth-order valence-electron chi connectivity index (χ4n) is 4.07. The van der Waals surface area contributed by atoms with Crippen LogP contribution in [0.4, 0.5) is 0 Å². The van der Waals surface area contributed by atoms with Crippen LogP contribution in [0.3, 0.4) is 0 Å². The van der Waals surface area contributed by atoms with Gasteiger partial charge in [0, 0.05) is 46.0 Å². The molecule has 2 N–H and O–H groups in total. The molecule has 31 heavy (non-hydrogen) atoms. The predicted octanol–water partition coefficient (Wildman–Crippen LogP) is 1.83. The Morgan fingerprint density at radius 2 is 1.90 bits per heavy atom. The van der Waals surface area contributed by atoms with Crippen molar-refractivity contribution in [2.45, 2.75) is 26.3 Å². The number of aryl methyl sites for hydroxylation is 2. The van der Waals surface area contributed by atoms with Crippen molar-refractivity contribution in [1.29, 1.82) is 0 Å². The third-order valence-corrected chi connectivity index (χ3v) is 6.00. The van der Waals surface area contributed by atoms with E-state index in [1.807, 2.05) is 30.9 Å². The van der Waals surface area contributed by atoms with E-state index in [0.717, 1.165) is 63.2 Å². The average molecular weight is 429 g/mol. The number of aromatic nitrogens is 2. The zero-order valence-electron chi connectivity index (χ0n) is 19.4. The van der Waals surface area contributed by atoms with Gasteiger partial charge in [-0.3, -0.25) is 14.6 Å². The lowest BCUT2D eigenvalue weighted by atomic mass is 10.0. The highest BCUT2D eigenvalue weighted by Gasteiger charge is 2.23. The quantitative estimate of drug-likeness (QED) is 0.494. The van der Waals surface area contributed by atoms with Crippen LogP contribution in [-0.2, 0) is 18.2 Å². The van der Waals surface area contributed by atoms with E-state index in [1.54, 1.807) is 7.11 Å². The minimum atomic E-state index is 0.233. The minimum Gasteiger partial charge on any atom is -0.497 e. The monoisotopic (exact) mass is 428 g/mol. The molecule has 0 saturated carbocycles. The van der Waals surface area contributed by atoms with Crippen LogP contribution in [0.1, 0.15) is 28.6 Å². The SMILES string of the molecule is CN=C(NCCc1c(C)nn(C)c1C)NCC(c1ccc(OC)cc1)N1CCOCC1. The third-order valence-electron chi connectivity index (χ3n) is 6.00. The van der Waals surface area contributed by atoms with Gasteiger partial charge < -0.3 is 20.1 Å². The Morgan fingerprint density at radius 3 is 2.48 bits per heavy atom. The fraction of sp³-hybridized carbons (Fsp3) is 0.565. The standard InChI is InChI=1S/C23H36N6O2/c1-17-21(18(2)28(4)27-17)10-11-25-23(24-3)26-16-22(29-12-14-31-15-13-29)19-6-8-20(30-5)9-7-19/h6-9,22H,10-16H2,1-5H3,(H2,24,25,26). The highest BCUT2D eigenvalue weighted by Crippen LogP contribution is 2.23. The van der Waals surface area contributed by atoms with Gasteiger partial charge in [0.15, 0.2) is 5.96 Å². The van der Waals surface area contributed by atoms with Crippen LogP contribution in [0.15, 0.2) is 29.3 Å². The van der Waals surface area contributed by atoms with E-state index in [4.69, 9.17) is 9.47 Å². The second-order valence-electron chi connectivity index (χ2n) is 7.84. The largest absolute Gasteiger partial charge is 0.497 e. The second kappa shape index (κ2) is 11.2. The van der Waals surface area contributed by atoms with E-state index < -0.39 is 0 Å². The summed E-state index contributed by atoms with van der Waals surface area (Å²) in [6.07, 6.45) is 0.914. The Balaban J connectivity index is 1.60. The molecule has 2 heterocycles. The average Bonchev–Trinajstić information content (AvgIpc) is 3.04. The molecule has 1 aromatic heterocycles. The molecule has 0 spiro atoms. The maximum absolute atomic E-state index is 5.56. The molecule has 2 aromatic rings. The van der Waals surface area contributed by atoms with Gasteiger partial charge in [0.2, 0.25) is 0 Å². The van der Waals surface area contributed by atoms with Gasteiger partial charge in [0.1, 0.15) is 5.75 Å². The Labute approximate surface area is 185 Å². The Hall–Kier alpha value is -2.58. The third kappa shape index (κ3) is 5.98. The summed E-state index contributed by atoms with van der Waals surface area (Å²) in [4.78, 5) is 6.88. The lowest BCUT2D eigenvalue weighted by molar-refractivity contribution is 0.0170. The van der Waals surface area contributed by atoms with E-state index in [-0.39, 0.29) is 6.04 Å². The number of hydrogen-bond donors (Lipinski definition) is 2. The van der Waals surface area contributed by atoms with Crippen molar-refractivity contribution in [2.75, 3.05) is 53.6 Å². The maximum Gasteiger partial charge on any atom is 0.191 e. The number of guanidine groups is 1. The van der Waals surface area contributed by atoms with Gasteiger partial charge in [0.05, 0.1) is 32.1 Å². The smallest absolute Gasteiger partial charge is 0.191 e. The fourth-order valence-corrected chi connectivity index (χ4v) is 4.07. The number of methoxy groups -OCH3 is 1. The molecule has 0 aliphatic carbocycles. The van der Waals surface area contributed by atoms with Crippen LogP contribution in [0, 0.1) is 13.8 Å². The van der Waals surface area contributed by atoms with E-state index in [2.05, 4.69) is 51.6 Å². The van der Waals surface area contributed by atoms with Crippen molar-refractivity contribution >= 4 is 5.96 Å². The molecule has 170 valence electrons. The topological polar surface area (TPSA) is 75.9 Å². The lowest BCUT2D eigenvalue weighted by Gasteiger charge is -2.35. The van der Waals surface area contributed by atoms with Crippen LogP contribution in [-0.4, -0.2) is 74.2 Å². The Morgan fingerprint density at radius 1 is 1.19 bits per heavy atom. The number of hydrogen-bond acceptors (Lipinski definition) is 5. The molecule has 1 aliphatic rings. The first-order valence-electron chi connectivity index (χ1n) is 10.9. The summed E-state index contributed by atoms with van der Waals surface area (Å²) >= 11 is 0. The van der Waals surface area contributed by atoms with Crippen LogP contribution in [0.2, 0.25) is 0 Å². The van der Waals surface area contributed by atoms with Crippen molar-refractivity contribution in [3.63, 3.8) is 0 Å². The number of nitrogens with one attached hydrogen (secondary N) is 2. The Bertz CT molecular complexity index is 856. The minimum absolute atomic E-state index is 0.233. The molecule has 1 fully saturated rings. The molecule has 3 rings (SSSR count). The van der Waals surface area contributed by atoms with Crippen molar-refractivity contribution in [1.82, 2.24) is 25.3 Å². The van der Waals surface area contributed by atoms with Gasteiger partial charge >= 0.3 is 0 Å². The first kappa shape index (κ1) is 23.1. The van der Waals surface area contributed by atoms with Crippen molar-refractivity contribution in [3.05, 3.63) is 46.8 Å². The molecule has 1 aromatic carbocycles. The van der Waals surface area contributed by atoms with E-state index >= 15 is 0 Å². The van der Waals surface area contributed by atoms with Crippen LogP contribution in [0.5, 0.6) is 5.75 Å². The summed E-state index contributed by atoms with van der Waals surface area (Å²) in [5, 5.41) is 11.5. The number of benzene rings is 1. The summed E-state index contributed by atoms with van der Waals surface area (Å²) in [5.41, 5.74) is 4.87. The van der Waals surface area contributed by atoms with Crippen molar-refractivity contribution in [2.24, 2.45) is 12.0 Å². The van der Waals surface area contributed by atoms with E-state index in [1.165, 1.54) is 16.8 Å². The highest BCUT2D eigenvalue weighted by atomic mass is 16.5. The molecule has 1 aliphatic heterocycles. The summed E-state index contributed by atoms with van der Waals surface area (Å²) in [6, 6.07) is 8.56. The van der Waals surface area contributed by atoms with Crippen LogP contribution >= 0.6 is 0 Å². The van der Waals surface area contributed by atoms with Crippen molar-refractivity contribution in [3.8, 4) is 5.75 Å². The molecule has 1 saturated heterocycles. The van der Waals surface area contributed by atoms with Crippen molar-refractivity contribution < 1.29 is 9.47 Å². The molecule has 8 nitrogen and oxygen atoms in total. The highest BCUT2D eigenvalue weighted by molar-refractivity contribution is 5.79. The molecule has 0 bridgehead atoms. The first-order chi connectivity index (χ1) is 15.0. The van der Waals surface area contributed by atoms with Gasteiger partial charge in [-0.25, -0.2) is 0 Å².